The lowest BCUT2D eigenvalue weighted by molar-refractivity contribution is -0.141. The summed E-state index contributed by atoms with van der Waals surface area (Å²) in [5.41, 5.74) is 4.20. The maximum Gasteiger partial charge on any atom is 0.433 e. The Balaban J connectivity index is 0.00000210. The van der Waals surface area contributed by atoms with Crippen LogP contribution in [0.5, 0.6) is 0 Å². The molecule has 12 heteroatoms. The van der Waals surface area contributed by atoms with E-state index >= 15 is 0 Å². The number of nitrogens with zero attached hydrogens (tertiary/aromatic N) is 3. The lowest BCUT2D eigenvalue weighted by Gasteiger charge is -2.26. The van der Waals surface area contributed by atoms with Gasteiger partial charge in [-0.3, -0.25) is 19.8 Å². The molecule has 1 unspecified atom stereocenters. The van der Waals surface area contributed by atoms with Crippen molar-refractivity contribution in [2.75, 3.05) is 7.05 Å². The Hall–Kier alpha value is -3.44. The van der Waals surface area contributed by atoms with Gasteiger partial charge in [-0.15, -0.1) is 0 Å². The number of aliphatic imine (C=N–C) groups is 1. The third-order valence-corrected chi connectivity index (χ3v) is 5.09. The van der Waals surface area contributed by atoms with Crippen molar-refractivity contribution in [3.05, 3.63) is 59.2 Å². The number of amides is 1. The van der Waals surface area contributed by atoms with Crippen molar-refractivity contribution >= 4 is 11.6 Å². The largest absolute Gasteiger partial charge is 0.433 e. The Morgan fingerprint density at radius 1 is 1.14 bits per heavy atom. The number of halogens is 6. The van der Waals surface area contributed by atoms with E-state index in [1.807, 2.05) is 13.8 Å². The van der Waals surface area contributed by atoms with Gasteiger partial charge < -0.3 is 11.1 Å². The Morgan fingerprint density at radius 3 is 2.43 bits per heavy atom. The van der Waals surface area contributed by atoms with Crippen molar-refractivity contribution in [1.29, 1.82) is 0 Å². The van der Waals surface area contributed by atoms with Crippen molar-refractivity contribution in [2.45, 2.75) is 51.5 Å². The van der Waals surface area contributed by atoms with Crippen molar-refractivity contribution in [3.63, 3.8) is 0 Å². The normalized spacial score (nSPS) is 16.7. The van der Waals surface area contributed by atoms with E-state index < -0.39 is 41.4 Å². The molecule has 1 amide bonds. The first kappa shape index (κ1) is 27.8. The molecule has 3 rings (SSSR count). The number of nitrogens with two attached hydrogens (primary N) is 1. The van der Waals surface area contributed by atoms with Crippen LogP contribution in [0.2, 0.25) is 0 Å². The maximum atomic E-state index is 13.0. The SMILES string of the molecule is CC.CN=C(/C=C(\N)C(F)(F)F)C(=O)NC1CCc2cnc(-c3ccnc(C(F)(F)F)c3)cc2C1. The number of fused-ring (bicyclic) bond motifs is 1. The van der Waals surface area contributed by atoms with Crippen LogP contribution in [0.1, 0.15) is 37.1 Å². The standard InChI is InChI=1S/C21H19F6N5O.C2H6/c1-29-16(9-17(28)20(22,23)24)19(33)32-14-3-2-12-10-31-15(7-13(12)6-14)11-4-5-30-18(8-11)21(25,26)27;1-2/h4-5,7-10,14H,2-3,6,28H2,1H3,(H,32,33);1-2H3/b17-9-,29-16?;. The van der Waals surface area contributed by atoms with E-state index in [4.69, 9.17) is 5.73 Å². The van der Waals surface area contributed by atoms with Gasteiger partial charge in [0.25, 0.3) is 5.91 Å². The third-order valence-electron chi connectivity index (χ3n) is 5.09. The molecule has 0 spiro atoms. The predicted molar refractivity (Wildman–Crippen MR) is 119 cm³/mol. The summed E-state index contributed by atoms with van der Waals surface area (Å²) >= 11 is 0. The summed E-state index contributed by atoms with van der Waals surface area (Å²) in [7, 11) is 1.17. The molecular formula is C23H25F6N5O. The van der Waals surface area contributed by atoms with E-state index in [0.29, 0.717) is 31.0 Å². The average Bonchev–Trinajstić information content (AvgIpc) is 2.82. The summed E-state index contributed by atoms with van der Waals surface area (Å²) in [4.78, 5) is 23.5. The van der Waals surface area contributed by atoms with Gasteiger partial charge in [-0.2, -0.15) is 26.3 Å². The van der Waals surface area contributed by atoms with Crippen LogP contribution in [0.25, 0.3) is 11.3 Å². The molecule has 1 aliphatic rings. The van der Waals surface area contributed by atoms with Crippen LogP contribution in [0.3, 0.4) is 0 Å². The summed E-state index contributed by atoms with van der Waals surface area (Å²) in [5, 5.41) is 2.64. The summed E-state index contributed by atoms with van der Waals surface area (Å²) in [5.74, 6) is -0.809. The number of carbonyl (C=O) groups is 1. The molecule has 3 N–H and O–H groups in total. The first-order valence-electron chi connectivity index (χ1n) is 10.7. The minimum Gasteiger partial charge on any atom is -0.395 e. The van der Waals surface area contributed by atoms with Crippen molar-refractivity contribution in [1.82, 2.24) is 15.3 Å². The second-order valence-electron chi connectivity index (χ2n) is 7.39. The van der Waals surface area contributed by atoms with E-state index in [1.54, 1.807) is 12.3 Å². The van der Waals surface area contributed by atoms with Gasteiger partial charge in [0.1, 0.15) is 17.1 Å². The van der Waals surface area contributed by atoms with Crippen LogP contribution in [0.15, 0.2) is 47.4 Å². The highest BCUT2D eigenvalue weighted by Crippen LogP contribution is 2.31. The van der Waals surface area contributed by atoms with Crippen LogP contribution >= 0.6 is 0 Å². The van der Waals surface area contributed by atoms with Crippen LogP contribution < -0.4 is 11.1 Å². The molecule has 6 nitrogen and oxygen atoms in total. The van der Waals surface area contributed by atoms with Gasteiger partial charge in [0.15, 0.2) is 0 Å². The van der Waals surface area contributed by atoms with E-state index in [2.05, 4.69) is 20.3 Å². The lowest BCUT2D eigenvalue weighted by Crippen LogP contribution is -2.42. The quantitative estimate of drug-likeness (QED) is 0.472. The topological polar surface area (TPSA) is 93.3 Å². The third kappa shape index (κ3) is 7.27. The monoisotopic (exact) mass is 501 g/mol. The Kier molecular flexibility index (Phi) is 9.00. The number of hydrogen-bond donors (Lipinski definition) is 2. The van der Waals surface area contributed by atoms with Gasteiger partial charge in [0.2, 0.25) is 0 Å². The zero-order valence-electron chi connectivity index (χ0n) is 19.3. The van der Waals surface area contributed by atoms with E-state index in [0.717, 1.165) is 23.4 Å². The highest BCUT2D eigenvalue weighted by molar-refractivity contribution is 6.43. The summed E-state index contributed by atoms with van der Waals surface area (Å²) in [6, 6.07) is 3.53. The van der Waals surface area contributed by atoms with Crippen LogP contribution in [0.4, 0.5) is 26.3 Å². The number of aromatic nitrogens is 2. The molecule has 0 fully saturated rings. The molecule has 1 aliphatic carbocycles. The van der Waals surface area contributed by atoms with Crippen LogP contribution in [-0.2, 0) is 23.8 Å². The smallest absolute Gasteiger partial charge is 0.395 e. The maximum absolute atomic E-state index is 13.0. The number of allylic oxidation sites excluding steroid dienone is 1. The minimum atomic E-state index is -4.79. The minimum absolute atomic E-state index is 0.236. The van der Waals surface area contributed by atoms with E-state index in [1.165, 1.54) is 13.1 Å². The molecule has 2 aromatic rings. The zero-order valence-corrected chi connectivity index (χ0v) is 19.3. The van der Waals surface area contributed by atoms with E-state index in [-0.39, 0.29) is 5.56 Å². The molecule has 0 aliphatic heterocycles. The van der Waals surface area contributed by atoms with Gasteiger partial charge in [0.05, 0.1) is 5.69 Å². The average molecular weight is 501 g/mol. The number of pyridine rings is 2. The molecule has 0 saturated carbocycles. The number of alkyl halides is 6. The van der Waals surface area contributed by atoms with Gasteiger partial charge in [0, 0.05) is 31.0 Å². The van der Waals surface area contributed by atoms with Gasteiger partial charge >= 0.3 is 12.4 Å². The molecule has 0 bridgehead atoms. The molecule has 35 heavy (non-hydrogen) atoms. The molecular weight excluding hydrogens is 476 g/mol. The summed E-state index contributed by atoms with van der Waals surface area (Å²) in [6.45, 7) is 4.00. The van der Waals surface area contributed by atoms with Gasteiger partial charge in [-0.05, 0) is 54.7 Å². The molecule has 0 saturated heterocycles. The van der Waals surface area contributed by atoms with Crippen molar-refractivity contribution < 1.29 is 31.1 Å². The fourth-order valence-electron chi connectivity index (χ4n) is 3.38. The second-order valence-corrected chi connectivity index (χ2v) is 7.39. The van der Waals surface area contributed by atoms with Crippen molar-refractivity contribution in [2.24, 2.45) is 10.7 Å². The van der Waals surface area contributed by atoms with Gasteiger partial charge in [-0.1, -0.05) is 13.8 Å². The lowest BCUT2D eigenvalue weighted by atomic mass is 9.88. The molecule has 0 aromatic carbocycles. The Morgan fingerprint density at radius 2 is 1.83 bits per heavy atom. The van der Waals surface area contributed by atoms with Gasteiger partial charge in [-0.25, -0.2) is 0 Å². The van der Waals surface area contributed by atoms with Crippen molar-refractivity contribution in [3.8, 4) is 11.3 Å². The number of rotatable bonds is 4. The van der Waals surface area contributed by atoms with E-state index in [9.17, 15) is 31.1 Å². The summed E-state index contributed by atoms with van der Waals surface area (Å²) < 4.78 is 76.8. The number of aryl methyl sites for hydroxylation is 1. The zero-order chi connectivity index (χ0) is 26.4. The molecule has 2 heterocycles. The van der Waals surface area contributed by atoms with Crippen LogP contribution in [0, 0.1) is 0 Å². The number of carbonyl (C=O) groups excluding carboxylic acids is 1. The summed E-state index contributed by atoms with van der Waals surface area (Å²) in [6.07, 6.45) is -4.95. The fourth-order valence-corrected chi connectivity index (χ4v) is 3.38. The fraction of sp³-hybridized carbons (Fsp3) is 0.391. The molecule has 190 valence electrons. The Bertz CT molecular complexity index is 1110. The second kappa shape index (κ2) is 11.3. The highest BCUT2D eigenvalue weighted by Gasteiger charge is 2.33. The molecule has 0 radical (unpaired) electrons. The molecule has 1 atom stereocenters. The first-order valence-corrected chi connectivity index (χ1v) is 10.7. The number of nitrogens with one attached hydrogen (secondary N) is 1. The predicted octanol–water partition coefficient (Wildman–Crippen LogP) is 4.64. The number of hydrogen-bond acceptors (Lipinski definition) is 5. The first-order chi connectivity index (χ1) is 16.4. The van der Waals surface area contributed by atoms with Crippen LogP contribution in [-0.4, -0.2) is 40.9 Å². The molecule has 2 aromatic heterocycles. The Labute approximate surface area is 198 Å². The highest BCUT2D eigenvalue weighted by atomic mass is 19.4.